The molecule has 0 radical (unpaired) electrons. The summed E-state index contributed by atoms with van der Waals surface area (Å²) in [5.41, 5.74) is 7.15. The van der Waals surface area contributed by atoms with Crippen LogP contribution in [-0.2, 0) is 11.2 Å². The molecule has 0 saturated heterocycles. The van der Waals surface area contributed by atoms with Crippen LogP contribution >= 0.6 is 12.4 Å². The molecule has 2 aliphatic rings. The van der Waals surface area contributed by atoms with Crippen LogP contribution in [0.3, 0.4) is 0 Å². The Bertz CT molecular complexity index is 431. The molecule has 3 N–H and O–H groups in total. The van der Waals surface area contributed by atoms with Crippen LogP contribution in [0.2, 0.25) is 0 Å². The summed E-state index contributed by atoms with van der Waals surface area (Å²) < 4.78 is 0. The summed E-state index contributed by atoms with van der Waals surface area (Å²) in [4.78, 5) is 12.2. The first-order valence-corrected chi connectivity index (χ1v) is 7.34. The predicted octanol–water partition coefficient (Wildman–Crippen LogP) is 2.28. The molecule has 1 amide bonds. The normalized spacial score (nSPS) is 19.3. The minimum Gasteiger partial charge on any atom is -0.351 e. The minimum absolute atomic E-state index is 0. The fourth-order valence-corrected chi connectivity index (χ4v) is 2.76. The molecule has 0 spiro atoms. The number of amides is 1. The average molecular weight is 295 g/mol. The third-order valence-electron chi connectivity index (χ3n) is 4.20. The lowest BCUT2D eigenvalue weighted by molar-refractivity contribution is -0.123. The highest BCUT2D eigenvalue weighted by molar-refractivity contribution is 5.85. The van der Waals surface area contributed by atoms with Crippen molar-refractivity contribution in [3.8, 4) is 0 Å². The quantitative estimate of drug-likeness (QED) is 0.846. The monoisotopic (exact) mass is 294 g/mol. The second-order valence-corrected chi connectivity index (χ2v) is 6.01. The number of benzene rings is 1. The Morgan fingerprint density at radius 3 is 2.20 bits per heavy atom. The SMILES string of the molecule is Cl.NC(Cc1ccccc1)C(=O)NC(C1CC1)C1CC1. The molecule has 0 heterocycles. The predicted molar refractivity (Wildman–Crippen MR) is 82.7 cm³/mol. The lowest BCUT2D eigenvalue weighted by Gasteiger charge is -2.20. The highest BCUT2D eigenvalue weighted by Crippen LogP contribution is 2.44. The number of halogens is 1. The van der Waals surface area contributed by atoms with E-state index in [2.05, 4.69) is 5.32 Å². The Kier molecular flexibility index (Phi) is 5.06. The van der Waals surface area contributed by atoms with E-state index in [0.717, 1.165) is 17.4 Å². The maximum absolute atomic E-state index is 12.2. The van der Waals surface area contributed by atoms with Gasteiger partial charge in [0.15, 0.2) is 0 Å². The van der Waals surface area contributed by atoms with Gasteiger partial charge in [0.1, 0.15) is 0 Å². The first-order valence-electron chi connectivity index (χ1n) is 7.34. The largest absolute Gasteiger partial charge is 0.351 e. The van der Waals surface area contributed by atoms with Crippen molar-refractivity contribution in [1.82, 2.24) is 5.32 Å². The van der Waals surface area contributed by atoms with Crippen molar-refractivity contribution in [2.24, 2.45) is 17.6 Å². The Balaban J connectivity index is 0.00000147. The van der Waals surface area contributed by atoms with Gasteiger partial charge in [-0.2, -0.15) is 0 Å². The number of carbonyl (C=O) groups excluding carboxylic acids is 1. The molecule has 0 bridgehead atoms. The first kappa shape index (κ1) is 15.3. The Morgan fingerprint density at radius 1 is 1.15 bits per heavy atom. The molecule has 1 unspecified atom stereocenters. The van der Waals surface area contributed by atoms with Gasteiger partial charge in [0.2, 0.25) is 5.91 Å². The standard InChI is InChI=1S/C16H22N2O.ClH/c17-14(10-11-4-2-1-3-5-11)16(19)18-15(12-6-7-12)13-8-9-13;/h1-5,12-15H,6-10,17H2,(H,18,19);1H. The average Bonchev–Trinajstić information content (AvgIpc) is 3.30. The van der Waals surface area contributed by atoms with E-state index in [-0.39, 0.29) is 18.3 Å². The van der Waals surface area contributed by atoms with Gasteiger partial charge in [0.25, 0.3) is 0 Å². The Hall–Kier alpha value is -1.06. The van der Waals surface area contributed by atoms with Crippen LogP contribution in [0.1, 0.15) is 31.2 Å². The number of hydrogen-bond acceptors (Lipinski definition) is 2. The van der Waals surface area contributed by atoms with Gasteiger partial charge in [-0.25, -0.2) is 0 Å². The van der Waals surface area contributed by atoms with Gasteiger partial charge in [-0.15, -0.1) is 12.4 Å². The van der Waals surface area contributed by atoms with E-state index in [1.807, 2.05) is 30.3 Å². The van der Waals surface area contributed by atoms with Gasteiger partial charge < -0.3 is 11.1 Å². The van der Waals surface area contributed by atoms with Gasteiger partial charge in [-0.3, -0.25) is 4.79 Å². The summed E-state index contributed by atoms with van der Waals surface area (Å²) in [6.07, 6.45) is 5.71. The van der Waals surface area contributed by atoms with Crippen molar-refractivity contribution < 1.29 is 4.79 Å². The van der Waals surface area contributed by atoms with Crippen LogP contribution in [0, 0.1) is 11.8 Å². The molecular formula is C16H23ClN2O. The third-order valence-corrected chi connectivity index (χ3v) is 4.20. The molecule has 4 heteroatoms. The smallest absolute Gasteiger partial charge is 0.237 e. The highest BCUT2D eigenvalue weighted by atomic mass is 35.5. The summed E-state index contributed by atoms with van der Waals surface area (Å²) in [5, 5.41) is 3.20. The number of nitrogens with one attached hydrogen (secondary N) is 1. The first-order chi connectivity index (χ1) is 9.24. The summed E-state index contributed by atoms with van der Waals surface area (Å²) in [6.45, 7) is 0. The Labute approximate surface area is 126 Å². The lowest BCUT2D eigenvalue weighted by Crippen LogP contribution is -2.48. The minimum atomic E-state index is -0.428. The molecule has 3 rings (SSSR count). The summed E-state index contributed by atoms with van der Waals surface area (Å²) in [7, 11) is 0. The highest BCUT2D eigenvalue weighted by Gasteiger charge is 2.42. The van der Waals surface area contributed by atoms with E-state index in [9.17, 15) is 4.79 Å². The molecule has 0 aromatic heterocycles. The number of carbonyl (C=O) groups is 1. The lowest BCUT2D eigenvalue weighted by atomic mass is 10.0. The van der Waals surface area contributed by atoms with E-state index in [0.29, 0.717) is 12.5 Å². The van der Waals surface area contributed by atoms with E-state index >= 15 is 0 Å². The van der Waals surface area contributed by atoms with E-state index in [1.54, 1.807) is 0 Å². The van der Waals surface area contributed by atoms with Crippen LogP contribution < -0.4 is 11.1 Å². The molecule has 20 heavy (non-hydrogen) atoms. The van der Waals surface area contributed by atoms with Crippen molar-refractivity contribution >= 4 is 18.3 Å². The van der Waals surface area contributed by atoms with Gasteiger partial charge >= 0.3 is 0 Å². The summed E-state index contributed by atoms with van der Waals surface area (Å²) in [6, 6.07) is 9.95. The van der Waals surface area contributed by atoms with Crippen LogP contribution in [0.25, 0.3) is 0 Å². The number of hydrogen-bond donors (Lipinski definition) is 2. The zero-order chi connectivity index (χ0) is 13.2. The van der Waals surface area contributed by atoms with Gasteiger partial charge in [-0.05, 0) is 49.5 Å². The molecule has 1 atom stereocenters. The van der Waals surface area contributed by atoms with Crippen LogP contribution in [0.5, 0.6) is 0 Å². The Morgan fingerprint density at radius 2 is 1.70 bits per heavy atom. The van der Waals surface area contributed by atoms with Gasteiger partial charge in [0.05, 0.1) is 6.04 Å². The number of nitrogens with two attached hydrogens (primary N) is 1. The summed E-state index contributed by atoms with van der Waals surface area (Å²) >= 11 is 0. The van der Waals surface area contributed by atoms with E-state index < -0.39 is 6.04 Å². The zero-order valence-electron chi connectivity index (χ0n) is 11.6. The van der Waals surface area contributed by atoms with Crippen molar-refractivity contribution in [2.75, 3.05) is 0 Å². The van der Waals surface area contributed by atoms with Crippen LogP contribution in [0.4, 0.5) is 0 Å². The molecule has 2 fully saturated rings. The van der Waals surface area contributed by atoms with E-state index in [4.69, 9.17) is 5.73 Å². The van der Waals surface area contributed by atoms with Crippen LogP contribution in [-0.4, -0.2) is 18.0 Å². The molecule has 1 aromatic rings. The molecule has 2 saturated carbocycles. The van der Waals surface area contributed by atoms with E-state index in [1.165, 1.54) is 25.7 Å². The topological polar surface area (TPSA) is 55.1 Å². The van der Waals surface area contributed by atoms with Crippen molar-refractivity contribution in [3.05, 3.63) is 35.9 Å². The van der Waals surface area contributed by atoms with Crippen molar-refractivity contribution in [2.45, 2.75) is 44.2 Å². The molecule has 0 aliphatic heterocycles. The second kappa shape index (κ2) is 6.59. The third kappa shape index (κ3) is 3.97. The summed E-state index contributed by atoms with van der Waals surface area (Å²) in [5.74, 6) is 1.47. The zero-order valence-corrected chi connectivity index (χ0v) is 12.4. The molecular weight excluding hydrogens is 272 g/mol. The van der Waals surface area contributed by atoms with Crippen molar-refractivity contribution in [3.63, 3.8) is 0 Å². The fourth-order valence-electron chi connectivity index (χ4n) is 2.76. The van der Waals surface area contributed by atoms with Crippen LogP contribution in [0.15, 0.2) is 30.3 Å². The maximum atomic E-state index is 12.2. The van der Waals surface area contributed by atoms with Gasteiger partial charge in [-0.1, -0.05) is 30.3 Å². The molecule has 3 nitrogen and oxygen atoms in total. The molecule has 110 valence electrons. The maximum Gasteiger partial charge on any atom is 0.237 e. The van der Waals surface area contributed by atoms with Crippen molar-refractivity contribution in [1.29, 1.82) is 0 Å². The second-order valence-electron chi connectivity index (χ2n) is 6.01. The number of rotatable bonds is 6. The molecule has 1 aromatic carbocycles. The molecule has 2 aliphatic carbocycles. The van der Waals surface area contributed by atoms with Gasteiger partial charge in [0, 0.05) is 6.04 Å². The fraction of sp³-hybridized carbons (Fsp3) is 0.562.